The van der Waals surface area contributed by atoms with Crippen molar-refractivity contribution in [3.05, 3.63) is 0 Å². The van der Waals surface area contributed by atoms with Crippen LogP contribution in [0.25, 0.3) is 0 Å². The van der Waals surface area contributed by atoms with Gasteiger partial charge in [-0.15, -0.1) is 0 Å². The quantitative estimate of drug-likeness (QED) is 0.328. The Hall–Kier alpha value is 1.57. The molecule has 0 atom stereocenters. The molecule has 48 valence electrons. The molecule has 0 fully saturated rings. The van der Waals surface area contributed by atoms with Crippen molar-refractivity contribution in [2.75, 3.05) is 0 Å². The maximum absolute atomic E-state index is 8.91. The fraction of sp³-hybridized carbons (Fsp3) is 0. The van der Waals surface area contributed by atoms with E-state index in [1.54, 1.807) is 0 Å². The molecule has 0 spiro atoms. The topological polar surface area (TPSA) is 115 Å². The summed E-state index contributed by atoms with van der Waals surface area (Å²) in [4.78, 5) is 30.6. The zero-order chi connectivity index (χ0) is 4.50. The molecular formula is H5CaClO5Si. The molecule has 0 aromatic carbocycles. The van der Waals surface area contributed by atoms with E-state index in [2.05, 4.69) is 0 Å². The molecule has 0 radical (unpaired) electrons. The first kappa shape index (κ1) is 22.7. The number of rotatable bonds is 0. The second-order valence-corrected chi connectivity index (χ2v) is 1.72. The summed E-state index contributed by atoms with van der Waals surface area (Å²) >= 11 is 0. The fourth-order valence-electron chi connectivity index (χ4n) is 0. The van der Waals surface area contributed by atoms with Crippen LogP contribution in [0.5, 0.6) is 0 Å². The summed E-state index contributed by atoms with van der Waals surface area (Å²) in [7, 11) is -4.86. The molecule has 0 rings (SSSR count). The van der Waals surface area contributed by atoms with Crippen LogP contribution in [0.1, 0.15) is 0 Å². The fourth-order valence-corrected chi connectivity index (χ4v) is 0. The van der Waals surface area contributed by atoms with E-state index in [0.29, 0.717) is 0 Å². The Morgan fingerprint density at radius 2 is 1.12 bits per heavy atom. The molecule has 0 saturated heterocycles. The van der Waals surface area contributed by atoms with Crippen molar-refractivity contribution in [2.24, 2.45) is 0 Å². The second kappa shape index (κ2) is 8.57. The van der Waals surface area contributed by atoms with E-state index in [1.165, 1.54) is 0 Å². The Balaban J connectivity index is -0.0000000267. The van der Waals surface area contributed by atoms with Crippen LogP contribution in [0.3, 0.4) is 0 Å². The molecule has 5 nitrogen and oxygen atoms in total. The minimum atomic E-state index is -4.86. The standard InChI is InChI=1S/Ca.ClH.H3O4Si.H2O/c;;1-5(2,3)4;/h;1H;1-3H;1H2/q+2;;-1;/p-1. The van der Waals surface area contributed by atoms with Gasteiger partial charge in [0.15, 0.2) is 0 Å². The molecular weight excluding hydrogens is 184 g/mol. The van der Waals surface area contributed by atoms with Gasteiger partial charge in [0.25, 0.3) is 0 Å². The summed E-state index contributed by atoms with van der Waals surface area (Å²) in [5, 5.41) is 0. The molecule has 0 unspecified atom stereocenters. The summed E-state index contributed by atoms with van der Waals surface area (Å²) in [6.45, 7) is 0. The molecule has 0 aliphatic heterocycles. The van der Waals surface area contributed by atoms with Crippen LogP contribution in [0.2, 0.25) is 0 Å². The van der Waals surface area contributed by atoms with Crippen molar-refractivity contribution < 1.29 is 37.1 Å². The molecule has 8 heavy (non-hydrogen) atoms. The molecule has 0 aliphatic carbocycles. The third-order valence-corrected chi connectivity index (χ3v) is 0. The van der Waals surface area contributed by atoms with Crippen LogP contribution in [0.15, 0.2) is 0 Å². The first-order valence-corrected chi connectivity index (χ1v) is 2.62. The molecule has 5 N–H and O–H groups in total. The van der Waals surface area contributed by atoms with Crippen molar-refractivity contribution in [2.45, 2.75) is 0 Å². The van der Waals surface area contributed by atoms with E-state index in [-0.39, 0.29) is 55.6 Å². The van der Waals surface area contributed by atoms with Crippen LogP contribution < -0.4 is 17.2 Å². The van der Waals surface area contributed by atoms with Gasteiger partial charge in [-0.25, -0.2) is 0 Å². The SMILES string of the molecule is O.[Ca+2].[Cl-].[O-][Si](O)(O)O. The molecule has 0 aromatic heterocycles. The van der Waals surface area contributed by atoms with Gasteiger partial charge in [-0.1, -0.05) is 0 Å². The Morgan fingerprint density at radius 3 is 1.12 bits per heavy atom. The monoisotopic (exact) mass is 188 g/mol. The molecule has 0 bridgehead atoms. The maximum Gasteiger partial charge on any atom is 2.00 e. The third-order valence-electron chi connectivity index (χ3n) is 0. The summed E-state index contributed by atoms with van der Waals surface area (Å²) in [5.74, 6) is 0. The minimum absolute atomic E-state index is 0. The molecule has 0 aromatic rings. The van der Waals surface area contributed by atoms with Crippen molar-refractivity contribution >= 4 is 46.8 Å². The predicted octanol–water partition coefficient (Wildman–Crippen LogP) is -7.44. The first-order valence-electron chi connectivity index (χ1n) is 0.875. The first-order chi connectivity index (χ1) is 2.00. The van der Waals surface area contributed by atoms with Gasteiger partial charge in [-0.2, -0.15) is 0 Å². The maximum atomic E-state index is 8.91. The van der Waals surface area contributed by atoms with Crippen molar-refractivity contribution in [3.63, 3.8) is 0 Å². The van der Waals surface area contributed by atoms with Crippen LogP contribution in [0, 0.1) is 0 Å². The predicted molar refractivity (Wildman–Crippen MR) is 21.8 cm³/mol. The average Bonchev–Trinajstić information content (AvgIpc) is 0.722. The van der Waals surface area contributed by atoms with Crippen molar-refractivity contribution in [1.29, 1.82) is 0 Å². The Bertz CT molecular complexity index is 27.9. The smallest absolute Gasteiger partial charge is 1.00 e. The summed E-state index contributed by atoms with van der Waals surface area (Å²) < 4.78 is 0. The van der Waals surface area contributed by atoms with Crippen LogP contribution in [-0.2, 0) is 0 Å². The molecule has 0 heterocycles. The van der Waals surface area contributed by atoms with Gasteiger partial charge < -0.3 is 37.1 Å². The van der Waals surface area contributed by atoms with Gasteiger partial charge in [-0.3, -0.25) is 0 Å². The number of hydrogen-bond donors (Lipinski definition) is 3. The van der Waals surface area contributed by atoms with Crippen LogP contribution >= 0.6 is 0 Å². The van der Waals surface area contributed by atoms with Crippen LogP contribution in [0.4, 0.5) is 0 Å². The average molecular weight is 189 g/mol. The van der Waals surface area contributed by atoms with Gasteiger partial charge >= 0.3 is 46.8 Å². The van der Waals surface area contributed by atoms with Gasteiger partial charge in [-0.05, 0) is 0 Å². The van der Waals surface area contributed by atoms with Crippen LogP contribution in [-0.4, -0.2) is 66.6 Å². The zero-order valence-electron chi connectivity index (χ0n) is 3.83. The normalized spacial score (nSPS) is 7.50. The van der Waals surface area contributed by atoms with E-state index in [0.717, 1.165) is 0 Å². The van der Waals surface area contributed by atoms with E-state index in [4.69, 9.17) is 19.2 Å². The third kappa shape index (κ3) is 133. The van der Waals surface area contributed by atoms with Gasteiger partial charge in [0.05, 0.1) is 0 Å². The zero-order valence-corrected chi connectivity index (χ0v) is 7.80. The van der Waals surface area contributed by atoms with Gasteiger partial charge in [0.2, 0.25) is 0 Å². The Morgan fingerprint density at radius 1 is 1.12 bits per heavy atom. The summed E-state index contributed by atoms with van der Waals surface area (Å²) in [6.07, 6.45) is 0. The van der Waals surface area contributed by atoms with E-state index >= 15 is 0 Å². The molecule has 8 heteroatoms. The van der Waals surface area contributed by atoms with E-state index in [9.17, 15) is 0 Å². The van der Waals surface area contributed by atoms with Crippen molar-refractivity contribution in [3.8, 4) is 0 Å². The van der Waals surface area contributed by atoms with Gasteiger partial charge in [0, 0.05) is 0 Å². The summed E-state index contributed by atoms with van der Waals surface area (Å²) in [6, 6.07) is 0. The largest absolute Gasteiger partial charge is 2.00 e. The molecule has 0 aliphatic rings. The molecule has 0 saturated carbocycles. The molecule has 0 amide bonds. The van der Waals surface area contributed by atoms with E-state index in [1.807, 2.05) is 0 Å². The minimum Gasteiger partial charge on any atom is -1.00 e. The summed E-state index contributed by atoms with van der Waals surface area (Å²) in [5.41, 5.74) is 0. The second-order valence-electron chi connectivity index (χ2n) is 0.574. The Labute approximate surface area is 83.2 Å². The van der Waals surface area contributed by atoms with Gasteiger partial charge in [0.1, 0.15) is 0 Å². The van der Waals surface area contributed by atoms with E-state index < -0.39 is 9.05 Å². The Kier molecular flexibility index (Phi) is 24.3. The number of halogens is 1. The van der Waals surface area contributed by atoms with Crippen molar-refractivity contribution in [1.82, 2.24) is 0 Å². The number of hydrogen-bond acceptors (Lipinski definition) is 4.